The van der Waals surface area contributed by atoms with Crippen LogP contribution < -0.4 is 4.74 Å². The Kier molecular flexibility index (Phi) is 7.62. The quantitative estimate of drug-likeness (QED) is 0.351. The highest BCUT2D eigenvalue weighted by atomic mass is 32.2. The predicted molar refractivity (Wildman–Crippen MR) is 153 cm³/mol. The van der Waals surface area contributed by atoms with E-state index < -0.39 is 5.91 Å². The average Bonchev–Trinajstić information content (AvgIpc) is 3.53. The highest BCUT2D eigenvalue weighted by Crippen LogP contribution is 2.33. The van der Waals surface area contributed by atoms with Gasteiger partial charge in [-0.1, -0.05) is 68.1 Å². The molecule has 0 atom stereocenters. The Morgan fingerprint density at radius 1 is 1.08 bits per heavy atom. The Labute approximate surface area is 224 Å². The van der Waals surface area contributed by atoms with Crippen molar-refractivity contribution in [3.8, 4) is 5.75 Å². The third kappa shape index (κ3) is 5.89. The summed E-state index contributed by atoms with van der Waals surface area (Å²) in [6, 6.07) is 22.1. The smallest absolute Gasteiger partial charge is 0.283 e. The number of aliphatic imine (C=N–C) groups is 1. The van der Waals surface area contributed by atoms with Crippen LogP contribution in [0.2, 0.25) is 0 Å². The van der Waals surface area contributed by atoms with Gasteiger partial charge in [0.25, 0.3) is 5.91 Å². The number of carbonyl (C=O) groups is 1. The highest BCUT2D eigenvalue weighted by molar-refractivity contribution is 8.45. The molecule has 3 heterocycles. The van der Waals surface area contributed by atoms with Gasteiger partial charge in [0.05, 0.1) is 12.1 Å². The first-order chi connectivity index (χ1) is 18.0. The van der Waals surface area contributed by atoms with Gasteiger partial charge < -0.3 is 9.30 Å². The number of carbonyl (C=O) groups excluding carboxylic acids is 1. The van der Waals surface area contributed by atoms with E-state index in [2.05, 4.69) is 48.2 Å². The van der Waals surface area contributed by atoms with Crippen LogP contribution in [-0.4, -0.2) is 37.5 Å². The van der Waals surface area contributed by atoms with E-state index in [-0.39, 0.29) is 11.4 Å². The summed E-state index contributed by atoms with van der Waals surface area (Å²) >= 11 is 2.89. The lowest BCUT2D eigenvalue weighted by atomic mass is 10.0. The third-order valence-corrected chi connectivity index (χ3v) is 8.06. The Bertz CT molecular complexity index is 1390. The van der Waals surface area contributed by atoms with E-state index in [0.717, 1.165) is 21.6 Å². The van der Waals surface area contributed by atoms with Crippen LogP contribution in [0.5, 0.6) is 5.75 Å². The first-order valence-electron chi connectivity index (χ1n) is 12.0. The lowest BCUT2D eigenvalue weighted by Crippen LogP contribution is -2.35. The lowest BCUT2D eigenvalue weighted by Gasteiger charge is -2.20. The number of amidine groups is 2. The van der Waals surface area contributed by atoms with E-state index in [1.54, 1.807) is 17.8 Å². The maximum atomic E-state index is 12.8. The van der Waals surface area contributed by atoms with E-state index in [0.29, 0.717) is 24.2 Å². The summed E-state index contributed by atoms with van der Waals surface area (Å²) in [5.74, 6) is 1.67. The molecule has 0 spiro atoms. The molecule has 2 aliphatic heterocycles. The topological polar surface area (TPSA) is 83.0 Å². The van der Waals surface area contributed by atoms with Crippen LogP contribution in [-0.2, 0) is 17.1 Å². The zero-order valence-electron chi connectivity index (χ0n) is 20.6. The maximum Gasteiger partial charge on any atom is 0.283 e. The molecule has 188 valence electrons. The predicted octanol–water partition coefficient (Wildman–Crippen LogP) is 6.20. The van der Waals surface area contributed by atoms with Crippen LogP contribution in [0.4, 0.5) is 0 Å². The van der Waals surface area contributed by atoms with Gasteiger partial charge in [-0.05, 0) is 59.1 Å². The average molecular weight is 530 g/mol. The zero-order valence-corrected chi connectivity index (χ0v) is 22.3. The van der Waals surface area contributed by atoms with Crippen molar-refractivity contribution in [3.05, 3.63) is 95.3 Å². The van der Waals surface area contributed by atoms with Crippen molar-refractivity contribution in [2.45, 2.75) is 32.1 Å². The van der Waals surface area contributed by atoms with Gasteiger partial charge >= 0.3 is 0 Å². The molecule has 3 aromatic rings. The largest absolute Gasteiger partial charge is 0.492 e. The van der Waals surface area contributed by atoms with Gasteiger partial charge in [0, 0.05) is 17.6 Å². The summed E-state index contributed by atoms with van der Waals surface area (Å²) in [6.45, 7) is 5.42. The van der Waals surface area contributed by atoms with Gasteiger partial charge in [-0.15, -0.1) is 5.10 Å². The van der Waals surface area contributed by atoms with E-state index in [1.165, 1.54) is 27.9 Å². The van der Waals surface area contributed by atoms with Gasteiger partial charge in [-0.3, -0.25) is 10.2 Å². The number of fused-ring (bicyclic) bond motifs is 1. The molecule has 7 nitrogen and oxygen atoms in total. The van der Waals surface area contributed by atoms with Gasteiger partial charge in [0.15, 0.2) is 10.2 Å². The Morgan fingerprint density at radius 3 is 2.62 bits per heavy atom. The number of rotatable bonds is 8. The monoisotopic (exact) mass is 529 g/mol. The molecule has 0 unspecified atom stereocenters. The minimum Gasteiger partial charge on any atom is -0.492 e. The second-order valence-corrected chi connectivity index (χ2v) is 11.0. The minimum absolute atomic E-state index is 0.0343. The van der Waals surface area contributed by atoms with Crippen molar-refractivity contribution in [1.29, 1.82) is 5.41 Å². The maximum absolute atomic E-state index is 12.8. The molecule has 9 heteroatoms. The molecule has 0 aliphatic carbocycles. The van der Waals surface area contributed by atoms with E-state index in [4.69, 9.17) is 10.1 Å². The summed E-state index contributed by atoms with van der Waals surface area (Å²) in [5, 5.41) is 15.1. The number of nitrogens with zero attached hydrogens (tertiary/aromatic N) is 4. The van der Waals surface area contributed by atoms with E-state index in [1.807, 2.05) is 53.2 Å². The molecule has 1 aromatic heterocycles. The fraction of sp³-hybridized carbons (Fsp3) is 0.214. The van der Waals surface area contributed by atoms with Crippen molar-refractivity contribution in [3.63, 3.8) is 0 Å². The molecule has 0 saturated carbocycles. The van der Waals surface area contributed by atoms with E-state index >= 15 is 0 Å². The summed E-state index contributed by atoms with van der Waals surface area (Å²) in [7, 11) is 0. The van der Waals surface area contributed by atoms with Gasteiger partial charge in [-0.2, -0.15) is 10.0 Å². The Hall–Kier alpha value is -3.56. The summed E-state index contributed by atoms with van der Waals surface area (Å²) < 4.78 is 8.69. The number of nitrogens with one attached hydrogen (secondary N) is 1. The number of benzene rings is 2. The van der Waals surface area contributed by atoms with Crippen molar-refractivity contribution < 1.29 is 9.53 Å². The van der Waals surface area contributed by atoms with Crippen molar-refractivity contribution in [2.24, 2.45) is 10.1 Å². The molecule has 1 amide bonds. The minimum atomic E-state index is -0.428. The summed E-state index contributed by atoms with van der Waals surface area (Å²) in [5.41, 5.74) is 3.49. The number of hydrogen-bond donors (Lipinski definition) is 1. The van der Waals surface area contributed by atoms with Crippen LogP contribution in [0.3, 0.4) is 0 Å². The molecule has 2 aliphatic rings. The van der Waals surface area contributed by atoms with E-state index in [9.17, 15) is 4.79 Å². The first kappa shape index (κ1) is 25.1. The number of ether oxygens (including phenoxy) is 1. The molecule has 5 rings (SSSR count). The van der Waals surface area contributed by atoms with Crippen molar-refractivity contribution in [2.75, 3.05) is 6.61 Å². The van der Waals surface area contributed by atoms with Gasteiger partial charge in [-0.25, -0.2) is 0 Å². The summed E-state index contributed by atoms with van der Waals surface area (Å²) in [4.78, 5) is 17.0. The Morgan fingerprint density at radius 2 is 1.86 bits per heavy atom. The van der Waals surface area contributed by atoms with Crippen molar-refractivity contribution in [1.82, 2.24) is 9.58 Å². The number of thioether (sulfide) groups is 2. The molecule has 1 N–H and O–H groups in total. The number of hydrazone groups is 1. The molecule has 0 fully saturated rings. The van der Waals surface area contributed by atoms with Crippen LogP contribution in [0.25, 0.3) is 6.08 Å². The van der Waals surface area contributed by atoms with Crippen LogP contribution in [0.1, 0.15) is 36.6 Å². The third-order valence-electron chi connectivity index (χ3n) is 5.95. The molecule has 37 heavy (non-hydrogen) atoms. The molecular formula is C28H27N5O2S2. The molecule has 2 aromatic carbocycles. The number of amides is 1. The number of hydrogen-bond acceptors (Lipinski definition) is 6. The molecule has 0 bridgehead atoms. The van der Waals surface area contributed by atoms with Crippen LogP contribution in [0, 0.1) is 5.41 Å². The molecule has 0 saturated heterocycles. The van der Waals surface area contributed by atoms with Crippen LogP contribution >= 0.6 is 23.5 Å². The second-order valence-electron chi connectivity index (χ2n) is 8.86. The zero-order chi connectivity index (χ0) is 25.8. The standard InChI is InChI=1S/C28H27N5O2S2/c1-19(2)21-10-12-23(13-11-21)35-16-15-32-14-6-9-22(32)17-24-25(29)33-27(30-26(24)34)37-28(31-33)36-18-20-7-4-3-5-8-20/h3-14,17,19,29H,15-16,18H2,1-2H3. The molecular weight excluding hydrogens is 502 g/mol. The second kappa shape index (κ2) is 11.2. The molecule has 0 radical (unpaired) electrons. The fourth-order valence-corrected chi connectivity index (χ4v) is 5.76. The van der Waals surface area contributed by atoms with Crippen LogP contribution in [0.15, 0.2) is 88.6 Å². The SMILES string of the molecule is CC(C)c1ccc(OCCn2cccc2C=C2C(=N)N3N=C(SCc4ccccc4)SC3=NC2=O)cc1. The Balaban J connectivity index is 1.23. The lowest BCUT2D eigenvalue weighted by molar-refractivity contribution is -0.114. The summed E-state index contributed by atoms with van der Waals surface area (Å²) in [6.07, 6.45) is 3.64. The van der Waals surface area contributed by atoms with Gasteiger partial charge in [0.2, 0.25) is 5.17 Å². The van der Waals surface area contributed by atoms with Gasteiger partial charge in [0.1, 0.15) is 12.4 Å². The normalized spacial score (nSPS) is 16.3. The first-order valence-corrected chi connectivity index (χ1v) is 13.8. The highest BCUT2D eigenvalue weighted by Gasteiger charge is 2.36. The van der Waals surface area contributed by atoms with Crippen molar-refractivity contribution >= 4 is 50.9 Å². The fourth-order valence-electron chi connectivity index (χ4n) is 3.87. The number of aromatic nitrogens is 1.